The van der Waals surface area contributed by atoms with E-state index in [1.165, 1.54) is 31.8 Å². The minimum atomic E-state index is -0.635. The summed E-state index contributed by atoms with van der Waals surface area (Å²) in [4.78, 5) is 60.8. The topological polar surface area (TPSA) is 152 Å². The second kappa shape index (κ2) is 9.90. The molecule has 0 spiro atoms. The van der Waals surface area contributed by atoms with Gasteiger partial charge < -0.3 is 25.1 Å². The number of aromatic nitrogens is 3. The van der Waals surface area contributed by atoms with E-state index in [1.807, 2.05) is 12.1 Å². The molecule has 186 valence electrons. The smallest absolute Gasteiger partial charge is 0.338 e. The lowest BCUT2D eigenvalue weighted by molar-refractivity contribution is -0.121. The van der Waals surface area contributed by atoms with Gasteiger partial charge in [0, 0.05) is 24.7 Å². The number of nitrogens with one attached hydrogen (secondary N) is 3. The van der Waals surface area contributed by atoms with Crippen molar-refractivity contribution in [2.75, 3.05) is 19.0 Å². The number of hydrogen-bond donors (Lipinski definition) is 3. The summed E-state index contributed by atoms with van der Waals surface area (Å²) in [5.41, 5.74) is 2.91. The largest absolute Gasteiger partial charge is 0.486 e. The Morgan fingerprint density at radius 2 is 1.89 bits per heavy atom. The normalized spacial score (nSPS) is 12.4. The quantitative estimate of drug-likeness (QED) is 0.342. The highest BCUT2D eigenvalue weighted by molar-refractivity contribution is 6.14. The van der Waals surface area contributed by atoms with Crippen LogP contribution in [-0.2, 0) is 22.5 Å². The number of H-pyrrole nitrogens is 1. The number of amides is 2. The number of nitrogens with zero attached hydrogens (tertiary/aromatic N) is 2. The van der Waals surface area contributed by atoms with E-state index in [4.69, 9.17) is 9.47 Å². The van der Waals surface area contributed by atoms with Crippen molar-refractivity contribution in [1.29, 1.82) is 0 Å². The monoisotopic (exact) mass is 499 g/mol. The van der Waals surface area contributed by atoms with Crippen molar-refractivity contribution >= 4 is 40.3 Å². The van der Waals surface area contributed by atoms with Crippen molar-refractivity contribution in [3.63, 3.8) is 0 Å². The van der Waals surface area contributed by atoms with Crippen molar-refractivity contribution in [3.8, 4) is 5.75 Å². The van der Waals surface area contributed by atoms with Crippen molar-refractivity contribution in [2.45, 2.75) is 13.0 Å². The number of esters is 1. The molecular weight excluding hydrogens is 478 g/mol. The van der Waals surface area contributed by atoms with Gasteiger partial charge in [0.2, 0.25) is 0 Å². The number of hydrogen-bond acceptors (Lipinski definition) is 8. The zero-order valence-corrected chi connectivity index (χ0v) is 19.7. The average molecular weight is 499 g/mol. The van der Waals surface area contributed by atoms with Crippen LogP contribution in [0.2, 0.25) is 0 Å². The first-order valence-corrected chi connectivity index (χ1v) is 11.3. The molecule has 2 amide bonds. The third-order valence-corrected chi connectivity index (χ3v) is 5.86. The van der Waals surface area contributed by atoms with Gasteiger partial charge in [0.15, 0.2) is 11.5 Å². The van der Waals surface area contributed by atoms with E-state index in [1.54, 1.807) is 18.2 Å². The molecule has 1 aliphatic heterocycles. The summed E-state index contributed by atoms with van der Waals surface area (Å²) in [6.07, 6.45) is 3.02. The molecule has 2 aromatic carbocycles. The van der Waals surface area contributed by atoms with Crippen molar-refractivity contribution in [3.05, 3.63) is 82.9 Å². The number of methoxy groups -OCH3 is 1. The predicted molar refractivity (Wildman–Crippen MR) is 131 cm³/mol. The molecule has 0 radical (unpaired) electrons. The fraction of sp³-hybridized carbons (Fsp3) is 0.154. The van der Waals surface area contributed by atoms with Gasteiger partial charge in [-0.05, 0) is 29.8 Å². The molecule has 37 heavy (non-hydrogen) atoms. The first kappa shape index (κ1) is 23.7. The SMILES string of the molecule is COC(=O)c1ccccc1C(=O)Nc1c[nH]c2c(C(=O)NCc3ccc4c(c3)CC(=O)CO4)ncnc12. The minimum absolute atomic E-state index is 0.000452. The summed E-state index contributed by atoms with van der Waals surface area (Å²) in [5.74, 6) is -0.957. The number of ketones is 1. The van der Waals surface area contributed by atoms with Gasteiger partial charge in [0.25, 0.3) is 11.8 Å². The second-order valence-corrected chi connectivity index (χ2v) is 8.27. The molecule has 0 fully saturated rings. The zero-order chi connectivity index (χ0) is 25.9. The Labute approximate surface area is 210 Å². The third-order valence-electron chi connectivity index (χ3n) is 5.86. The summed E-state index contributed by atoms with van der Waals surface area (Å²) >= 11 is 0. The molecule has 4 aromatic rings. The molecule has 0 saturated carbocycles. The average Bonchev–Trinajstić information content (AvgIpc) is 3.33. The number of aromatic amines is 1. The first-order valence-electron chi connectivity index (χ1n) is 11.3. The van der Waals surface area contributed by atoms with Crippen LogP contribution in [0.5, 0.6) is 5.75 Å². The van der Waals surface area contributed by atoms with Crippen LogP contribution in [0.3, 0.4) is 0 Å². The van der Waals surface area contributed by atoms with Gasteiger partial charge in [0.1, 0.15) is 24.2 Å². The van der Waals surface area contributed by atoms with E-state index >= 15 is 0 Å². The number of carbonyl (C=O) groups is 4. The molecule has 5 rings (SSSR count). The summed E-state index contributed by atoms with van der Waals surface area (Å²) in [6.45, 7) is 0.281. The molecule has 0 saturated heterocycles. The maximum atomic E-state index is 12.9. The summed E-state index contributed by atoms with van der Waals surface area (Å²) in [7, 11) is 1.24. The number of ether oxygens (including phenoxy) is 2. The van der Waals surface area contributed by atoms with Gasteiger partial charge in [-0.15, -0.1) is 0 Å². The molecule has 1 aliphatic rings. The summed E-state index contributed by atoms with van der Waals surface area (Å²) in [6, 6.07) is 11.7. The van der Waals surface area contributed by atoms with Crippen molar-refractivity contribution < 1.29 is 28.7 Å². The molecule has 0 aliphatic carbocycles. The maximum Gasteiger partial charge on any atom is 0.338 e. The Balaban J connectivity index is 1.33. The van der Waals surface area contributed by atoms with Gasteiger partial charge in [-0.1, -0.05) is 18.2 Å². The Kier molecular flexibility index (Phi) is 6.33. The van der Waals surface area contributed by atoms with E-state index in [2.05, 4.69) is 25.6 Å². The lowest BCUT2D eigenvalue weighted by atomic mass is 10.0. The van der Waals surface area contributed by atoms with Crippen LogP contribution in [0.1, 0.15) is 42.3 Å². The lowest BCUT2D eigenvalue weighted by Crippen LogP contribution is -2.25. The Morgan fingerprint density at radius 3 is 2.70 bits per heavy atom. The number of Topliss-reactive ketones (excluding diaryl/α,β-unsaturated/α-hetero) is 1. The number of benzene rings is 2. The molecular formula is C26H21N5O6. The fourth-order valence-corrected chi connectivity index (χ4v) is 4.07. The number of rotatable bonds is 6. The van der Waals surface area contributed by atoms with Crippen molar-refractivity contribution in [1.82, 2.24) is 20.3 Å². The van der Waals surface area contributed by atoms with Crippen LogP contribution in [0.15, 0.2) is 55.0 Å². The molecule has 0 bridgehead atoms. The first-order chi connectivity index (χ1) is 17.9. The number of anilines is 1. The minimum Gasteiger partial charge on any atom is -0.486 e. The predicted octanol–water partition coefficient (Wildman–Crippen LogP) is 2.43. The van der Waals surface area contributed by atoms with Gasteiger partial charge in [0.05, 0.1) is 29.4 Å². The Hall–Kier alpha value is -5.06. The van der Waals surface area contributed by atoms with Crippen LogP contribution in [-0.4, -0.2) is 52.2 Å². The highest BCUT2D eigenvalue weighted by Gasteiger charge is 2.21. The third kappa shape index (κ3) is 4.74. The van der Waals surface area contributed by atoms with Crippen LogP contribution < -0.4 is 15.4 Å². The molecule has 0 atom stereocenters. The van der Waals surface area contributed by atoms with E-state index < -0.39 is 17.8 Å². The number of carbonyl (C=O) groups excluding carboxylic acids is 4. The fourth-order valence-electron chi connectivity index (χ4n) is 4.07. The lowest BCUT2D eigenvalue weighted by Gasteiger charge is -2.17. The summed E-state index contributed by atoms with van der Waals surface area (Å²) < 4.78 is 10.2. The van der Waals surface area contributed by atoms with Gasteiger partial charge in [-0.3, -0.25) is 14.4 Å². The van der Waals surface area contributed by atoms with Crippen LogP contribution in [0, 0.1) is 0 Å². The molecule has 11 nitrogen and oxygen atoms in total. The molecule has 3 N–H and O–H groups in total. The highest BCUT2D eigenvalue weighted by atomic mass is 16.5. The molecule has 2 aromatic heterocycles. The van der Waals surface area contributed by atoms with E-state index in [0.29, 0.717) is 28.9 Å². The van der Waals surface area contributed by atoms with Gasteiger partial charge >= 0.3 is 5.97 Å². The molecule has 3 heterocycles. The standard InChI is InChI=1S/C26H21N5O6/c1-36-26(35)18-5-3-2-4-17(18)24(33)31-19-11-27-22-21(19)29-13-30-23(22)25(34)28-10-14-6-7-20-15(8-14)9-16(32)12-37-20/h2-8,11,13,27H,9-10,12H2,1H3,(H,28,34)(H,31,33). The van der Waals surface area contributed by atoms with Crippen LogP contribution >= 0.6 is 0 Å². The van der Waals surface area contributed by atoms with E-state index in [-0.39, 0.29) is 35.8 Å². The van der Waals surface area contributed by atoms with Crippen LogP contribution in [0.25, 0.3) is 11.0 Å². The van der Waals surface area contributed by atoms with Crippen molar-refractivity contribution in [2.24, 2.45) is 0 Å². The second-order valence-electron chi connectivity index (χ2n) is 8.27. The van der Waals surface area contributed by atoms with E-state index in [9.17, 15) is 19.2 Å². The van der Waals surface area contributed by atoms with E-state index in [0.717, 1.165) is 11.1 Å². The van der Waals surface area contributed by atoms with Crippen LogP contribution in [0.4, 0.5) is 5.69 Å². The number of fused-ring (bicyclic) bond motifs is 2. The molecule has 11 heteroatoms. The zero-order valence-electron chi connectivity index (χ0n) is 19.7. The van der Waals surface area contributed by atoms with Gasteiger partial charge in [-0.2, -0.15) is 0 Å². The van der Waals surface area contributed by atoms with Gasteiger partial charge in [-0.25, -0.2) is 14.8 Å². The Morgan fingerprint density at radius 1 is 1.08 bits per heavy atom. The highest BCUT2D eigenvalue weighted by Crippen LogP contribution is 2.26. The maximum absolute atomic E-state index is 12.9. The Bertz CT molecular complexity index is 1560. The summed E-state index contributed by atoms with van der Waals surface area (Å²) in [5, 5.41) is 5.53. The molecule has 0 unspecified atom stereocenters.